The molecule has 0 spiro atoms. The molecule has 1 aromatic rings. The average Bonchev–Trinajstić information content (AvgIpc) is 2.28. The molecule has 1 unspecified atom stereocenters. The molecule has 16 heavy (non-hydrogen) atoms. The van der Waals surface area contributed by atoms with Crippen molar-refractivity contribution >= 4 is 0 Å². The normalized spacial score (nSPS) is 14.5. The van der Waals surface area contributed by atoms with Gasteiger partial charge in [0.25, 0.3) is 0 Å². The van der Waals surface area contributed by atoms with Crippen LogP contribution in [-0.2, 0) is 6.42 Å². The molecule has 1 aromatic carbocycles. The van der Waals surface area contributed by atoms with Crippen LogP contribution in [0.1, 0.15) is 39.2 Å². The Morgan fingerprint density at radius 3 is 2.31 bits per heavy atom. The summed E-state index contributed by atoms with van der Waals surface area (Å²) in [7, 11) is 0. The molecule has 0 aliphatic carbocycles. The van der Waals surface area contributed by atoms with Crippen LogP contribution in [0.25, 0.3) is 0 Å². The smallest absolute Gasteiger partial charge is 0.119 e. The summed E-state index contributed by atoms with van der Waals surface area (Å²) in [5.41, 5.74) is 7.13. The van der Waals surface area contributed by atoms with Crippen molar-refractivity contribution in [3.05, 3.63) is 29.8 Å². The molecular weight excluding hydrogens is 198 g/mol. The van der Waals surface area contributed by atoms with Crippen molar-refractivity contribution in [1.82, 2.24) is 0 Å². The van der Waals surface area contributed by atoms with Crippen LogP contribution in [-0.4, -0.2) is 12.1 Å². The van der Waals surface area contributed by atoms with Crippen molar-refractivity contribution in [2.24, 2.45) is 5.73 Å². The molecular formula is C14H23NO. The Bertz CT molecular complexity index is 292. The minimum atomic E-state index is 0.0553. The van der Waals surface area contributed by atoms with Gasteiger partial charge in [-0.1, -0.05) is 25.5 Å². The van der Waals surface area contributed by atoms with Crippen LogP contribution >= 0.6 is 0 Å². The molecule has 0 saturated heterocycles. The number of hydrogen-bond donors (Lipinski definition) is 1. The number of aryl methyl sites for hydroxylation is 1. The van der Waals surface area contributed by atoms with Crippen molar-refractivity contribution in [1.29, 1.82) is 0 Å². The Balaban J connectivity index is 2.51. The van der Waals surface area contributed by atoms with Crippen LogP contribution < -0.4 is 10.5 Å². The fraction of sp³-hybridized carbons (Fsp3) is 0.571. The maximum absolute atomic E-state index is 5.75. The zero-order valence-electron chi connectivity index (χ0n) is 10.6. The summed E-state index contributed by atoms with van der Waals surface area (Å²) >= 11 is 0. The van der Waals surface area contributed by atoms with Gasteiger partial charge in [-0.3, -0.25) is 0 Å². The van der Waals surface area contributed by atoms with Gasteiger partial charge < -0.3 is 10.5 Å². The van der Waals surface area contributed by atoms with Crippen LogP contribution in [0.15, 0.2) is 24.3 Å². The highest BCUT2D eigenvalue weighted by Crippen LogP contribution is 2.15. The lowest BCUT2D eigenvalue weighted by Crippen LogP contribution is -2.33. The lowest BCUT2D eigenvalue weighted by Gasteiger charge is -2.18. The first kappa shape index (κ1) is 13.0. The highest BCUT2D eigenvalue weighted by molar-refractivity contribution is 5.27. The second kappa shape index (κ2) is 6.54. The zero-order valence-corrected chi connectivity index (χ0v) is 10.6. The minimum Gasteiger partial charge on any atom is -0.489 e. The van der Waals surface area contributed by atoms with Crippen LogP contribution in [0, 0.1) is 0 Å². The molecule has 0 aliphatic heterocycles. The van der Waals surface area contributed by atoms with Crippen molar-refractivity contribution in [3.8, 4) is 5.75 Å². The van der Waals surface area contributed by atoms with Gasteiger partial charge in [-0.2, -0.15) is 0 Å². The number of unbranched alkanes of at least 4 members (excludes halogenated alkanes) is 1. The Morgan fingerprint density at radius 1 is 1.19 bits per heavy atom. The second-order valence-corrected chi connectivity index (χ2v) is 4.43. The summed E-state index contributed by atoms with van der Waals surface area (Å²) in [5.74, 6) is 0.907. The van der Waals surface area contributed by atoms with E-state index in [1.807, 2.05) is 26.0 Å². The molecule has 2 heteroatoms. The topological polar surface area (TPSA) is 35.2 Å². The predicted octanol–water partition coefficient (Wildman–Crippen LogP) is 3.14. The Labute approximate surface area is 98.8 Å². The molecule has 0 radical (unpaired) electrons. The largest absolute Gasteiger partial charge is 0.489 e. The molecule has 0 heterocycles. The van der Waals surface area contributed by atoms with Crippen molar-refractivity contribution < 1.29 is 4.74 Å². The van der Waals surface area contributed by atoms with E-state index in [9.17, 15) is 0 Å². The van der Waals surface area contributed by atoms with Crippen LogP contribution in [0.3, 0.4) is 0 Å². The third-order valence-corrected chi connectivity index (χ3v) is 2.80. The molecule has 0 amide bonds. The maximum atomic E-state index is 5.75. The molecule has 2 atom stereocenters. The number of nitrogens with two attached hydrogens (primary N) is 1. The average molecular weight is 221 g/mol. The van der Waals surface area contributed by atoms with Gasteiger partial charge in [-0.15, -0.1) is 0 Å². The standard InChI is InChI=1S/C14H23NO/c1-4-5-6-13-7-9-14(10-8-13)16-12(3)11(2)15/h7-12H,4-6,15H2,1-3H3/t11-,12?/m1/s1. The summed E-state index contributed by atoms with van der Waals surface area (Å²) in [6.07, 6.45) is 3.69. The van der Waals surface area contributed by atoms with E-state index in [1.165, 1.54) is 18.4 Å². The molecule has 0 bridgehead atoms. The number of ether oxygens (including phenoxy) is 1. The Morgan fingerprint density at radius 2 is 1.81 bits per heavy atom. The summed E-state index contributed by atoms with van der Waals surface area (Å²) in [6.45, 7) is 6.16. The molecule has 2 nitrogen and oxygen atoms in total. The number of benzene rings is 1. The van der Waals surface area contributed by atoms with E-state index in [2.05, 4.69) is 19.1 Å². The molecule has 0 fully saturated rings. The molecule has 2 N–H and O–H groups in total. The SMILES string of the molecule is CCCCc1ccc(OC(C)[C@@H](C)N)cc1. The van der Waals surface area contributed by atoms with Gasteiger partial charge in [-0.25, -0.2) is 0 Å². The van der Waals surface area contributed by atoms with Crippen molar-refractivity contribution in [2.75, 3.05) is 0 Å². The molecule has 0 saturated carbocycles. The van der Waals surface area contributed by atoms with E-state index >= 15 is 0 Å². The minimum absolute atomic E-state index is 0.0553. The predicted molar refractivity (Wildman–Crippen MR) is 68.8 cm³/mol. The first-order chi connectivity index (χ1) is 7.63. The van der Waals surface area contributed by atoms with Gasteiger partial charge in [0.1, 0.15) is 11.9 Å². The highest BCUT2D eigenvalue weighted by atomic mass is 16.5. The third kappa shape index (κ3) is 4.23. The first-order valence-corrected chi connectivity index (χ1v) is 6.14. The van der Waals surface area contributed by atoms with Gasteiger partial charge in [0.15, 0.2) is 0 Å². The van der Waals surface area contributed by atoms with Gasteiger partial charge in [0, 0.05) is 6.04 Å². The van der Waals surface area contributed by atoms with E-state index in [4.69, 9.17) is 10.5 Å². The third-order valence-electron chi connectivity index (χ3n) is 2.80. The highest BCUT2D eigenvalue weighted by Gasteiger charge is 2.08. The van der Waals surface area contributed by atoms with Crippen molar-refractivity contribution in [2.45, 2.75) is 52.2 Å². The van der Waals surface area contributed by atoms with E-state index in [0.717, 1.165) is 12.2 Å². The molecule has 0 aromatic heterocycles. The maximum Gasteiger partial charge on any atom is 0.119 e. The Hall–Kier alpha value is -1.02. The van der Waals surface area contributed by atoms with Crippen LogP contribution in [0.5, 0.6) is 5.75 Å². The Kier molecular flexibility index (Phi) is 5.33. The lowest BCUT2D eigenvalue weighted by molar-refractivity contribution is 0.196. The quantitative estimate of drug-likeness (QED) is 0.801. The van der Waals surface area contributed by atoms with Gasteiger partial charge in [-0.05, 0) is 44.4 Å². The van der Waals surface area contributed by atoms with Crippen molar-refractivity contribution in [3.63, 3.8) is 0 Å². The first-order valence-electron chi connectivity index (χ1n) is 6.14. The summed E-state index contributed by atoms with van der Waals surface area (Å²) in [6, 6.07) is 8.39. The van der Waals surface area contributed by atoms with E-state index in [1.54, 1.807) is 0 Å². The monoisotopic (exact) mass is 221 g/mol. The van der Waals surface area contributed by atoms with Crippen LogP contribution in [0.2, 0.25) is 0 Å². The zero-order chi connectivity index (χ0) is 12.0. The number of rotatable bonds is 6. The molecule has 1 rings (SSSR count). The van der Waals surface area contributed by atoms with Gasteiger partial charge in [0.05, 0.1) is 0 Å². The summed E-state index contributed by atoms with van der Waals surface area (Å²) in [5, 5.41) is 0. The van der Waals surface area contributed by atoms with E-state index < -0.39 is 0 Å². The lowest BCUT2D eigenvalue weighted by atomic mass is 10.1. The van der Waals surface area contributed by atoms with Gasteiger partial charge in [0.2, 0.25) is 0 Å². The van der Waals surface area contributed by atoms with Gasteiger partial charge >= 0.3 is 0 Å². The number of hydrogen-bond acceptors (Lipinski definition) is 2. The van der Waals surface area contributed by atoms with E-state index in [-0.39, 0.29) is 12.1 Å². The van der Waals surface area contributed by atoms with E-state index in [0.29, 0.717) is 0 Å². The summed E-state index contributed by atoms with van der Waals surface area (Å²) in [4.78, 5) is 0. The fourth-order valence-electron chi connectivity index (χ4n) is 1.44. The second-order valence-electron chi connectivity index (χ2n) is 4.43. The van der Waals surface area contributed by atoms with Crippen LogP contribution in [0.4, 0.5) is 0 Å². The fourth-order valence-corrected chi connectivity index (χ4v) is 1.44. The molecule has 0 aliphatic rings. The molecule has 90 valence electrons. The summed E-state index contributed by atoms with van der Waals surface area (Å²) < 4.78 is 5.71.